The third kappa shape index (κ3) is 8.37. The van der Waals surface area contributed by atoms with E-state index in [4.69, 9.17) is 14.0 Å². The standard InChI is InChI=1S/C33H37F2N4O9P.H2S/c1-20(2)47-32(44)21(3)37-49(45,48-24-7-5-4-6-8-24)14-12-38-18-33(11-13-46-19-33)39-17-25(28(40)29(41)27(39)31(38)43)30(42)36-16-22-9-10-23(34)15-26(22)35;/h4-10,15,17,20-21,41H,11-14,16,18-19H2,1-3H3,(H,36,42)(H,37,45);1H2/t21-,33?,49?;/m0./s1. The molecule has 0 radical (unpaired) electrons. The van der Waals surface area contributed by atoms with Crippen LogP contribution in [0.5, 0.6) is 11.5 Å². The average Bonchev–Trinajstić information content (AvgIpc) is 3.52. The number of rotatable bonds is 12. The second-order valence-electron chi connectivity index (χ2n) is 12.2. The summed E-state index contributed by atoms with van der Waals surface area (Å²) in [5, 5.41) is 16.3. The fourth-order valence-corrected chi connectivity index (χ4v) is 7.68. The molecule has 50 heavy (non-hydrogen) atoms. The number of amides is 2. The maximum absolute atomic E-state index is 14.2. The molecule has 0 aliphatic carbocycles. The molecule has 17 heteroatoms. The first kappa shape index (κ1) is 38.6. The van der Waals surface area contributed by atoms with Gasteiger partial charge in [-0.3, -0.25) is 23.7 Å². The van der Waals surface area contributed by atoms with E-state index in [0.717, 1.165) is 12.1 Å². The van der Waals surface area contributed by atoms with E-state index >= 15 is 0 Å². The number of aromatic hydroxyl groups is 1. The van der Waals surface area contributed by atoms with Gasteiger partial charge in [-0.05, 0) is 45.4 Å². The van der Waals surface area contributed by atoms with Crippen LogP contribution in [0.2, 0.25) is 0 Å². The van der Waals surface area contributed by atoms with Crippen LogP contribution in [0, 0.1) is 11.6 Å². The number of halogens is 2. The van der Waals surface area contributed by atoms with Crippen LogP contribution in [0.3, 0.4) is 0 Å². The number of esters is 1. The van der Waals surface area contributed by atoms with Gasteiger partial charge in [-0.2, -0.15) is 13.5 Å². The van der Waals surface area contributed by atoms with E-state index in [-0.39, 0.29) is 69.5 Å². The number of carbonyl (C=O) groups excluding carboxylic acids is 3. The van der Waals surface area contributed by atoms with E-state index in [9.17, 15) is 37.6 Å². The highest BCUT2D eigenvalue weighted by Crippen LogP contribution is 2.44. The van der Waals surface area contributed by atoms with Crippen molar-refractivity contribution in [3.05, 3.63) is 93.4 Å². The van der Waals surface area contributed by atoms with Crippen LogP contribution in [0.4, 0.5) is 8.78 Å². The van der Waals surface area contributed by atoms with Gasteiger partial charge in [0, 0.05) is 44.1 Å². The molecule has 3 aromatic rings. The summed E-state index contributed by atoms with van der Waals surface area (Å²) in [5.41, 5.74) is -3.06. The monoisotopic (exact) mass is 736 g/mol. The molecule has 1 fully saturated rings. The number of fused-ring (bicyclic) bond motifs is 2. The molecule has 0 bridgehead atoms. The minimum atomic E-state index is -3.90. The highest BCUT2D eigenvalue weighted by molar-refractivity contribution is 7.59. The number of ether oxygens (including phenoxy) is 2. The summed E-state index contributed by atoms with van der Waals surface area (Å²) in [4.78, 5) is 54.2. The first-order valence-electron chi connectivity index (χ1n) is 15.6. The molecule has 3 N–H and O–H groups in total. The molecule has 13 nitrogen and oxygen atoms in total. The van der Waals surface area contributed by atoms with Crippen LogP contribution in [-0.4, -0.2) is 77.0 Å². The summed E-state index contributed by atoms with van der Waals surface area (Å²) in [5.74, 6) is -4.77. The van der Waals surface area contributed by atoms with Crippen LogP contribution in [0.1, 0.15) is 53.6 Å². The molecule has 1 aromatic heterocycles. The SMILES string of the molecule is CC(C)OC(=O)[C@H](C)NP(=O)(CCN1CC2(CCOC2)n2cc(C(=O)NCc3ccc(F)cc3F)c(=O)c(O)c2C1=O)Oc1ccccc1.S. The van der Waals surface area contributed by atoms with Crippen LogP contribution < -0.4 is 20.4 Å². The second-order valence-corrected chi connectivity index (χ2v) is 14.5. The van der Waals surface area contributed by atoms with Gasteiger partial charge in [0.1, 0.15) is 29.0 Å². The molecule has 1 spiro atoms. The van der Waals surface area contributed by atoms with Gasteiger partial charge < -0.3 is 33.9 Å². The van der Waals surface area contributed by atoms with Gasteiger partial charge in [0.25, 0.3) is 11.8 Å². The predicted octanol–water partition coefficient (Wildman–Crippen LogP) is 3.65. The van der Waals surface area contributed by atoms with Crippen LogP contribution in [-0.2, 0) is 30.9 Å². The molecule has 2 aliphatic rings. The molecule has 2 unspecified atom stereocenters. The van der Waals surface area contributed by atoms with Crippen molar-refractivity contribution in [1.82, 2.24) is 19.9 Å². The van der Waals surface area contributed by atoms with Crippen molar-refractivity contribution in [2.45, 2.75) is 51.4 Å². The highest BCUT2D eigenvalue weighted by atomic mass is 32.1. The zero-order valence-electron chi connectivity index (χ0n) is 27.6. The fraction of sp³-hybridized carbons (Fsp3) is 0.394. The smallest absolute Gasteiger partial charge is 0.323 e. The first-order valence-corrected chi connectivity index (χ1v) is 17.4. The Morgan fingerprint density at radius 3 is 2.48 bits per heavy atom. The third-order valence-corrected chi connectivity index (χ3v) is 10.3. The third-order valence-electron chi connectivity index (χ3n) is 8.21. The lowest BCUT2D eigenvalue weighted by atomic mass is 9.92. The number of benzene rings is 2. The Morgan fingerprint density at radius 2 is 1.84 bits per heavy atom. The Bertz CT molecular complexity index is 1850. The summed E-state index contributed by atoms with van der Waals surface area (Å²) in [6.45, 7) is 4.61. The van der Waals surface area contributed by atoms with Crippen molar-refractivity contribution in [3.63, 3.8) is 0 Å². The second kappa shape index (κ2) is 15.8. The van der Waals surface area contributed by atoms with Crippen molar-refractivity contribution < 1.29 is 46.8 Å². The van der Waals surface area contributed by atoms with Gasteiger partial charge in [0.15, 0.2) is 11.4 Å². The van der Waals surface area contributed by atoms with E-state index in [0.29, 0.717) is 12.5 Å². The van der Waals surface area contributed by atoms with Gasteiger partial charge in [-0.1, -0.05) is 24.3 Å². The number of hydrogen-bond acceptors (Lipinski definition) is 9. The first-order chi connectivity index (χ1) is 23.2. The lowest BCUT2D eigenvalue weighted by molar-refractivity contribution is -0.149. The number of pyridine rings is 1. The number of carbonyl (C=O) groups is 3. The van der Waals surface area contributed by atoms with E-state index in [1.54, 1.807) is 44.2 Å². The summed E-state index contributed by atoms with van der Waals surface area (Å²) >= 11 is 0. The Balaban J connectivity index is 0.00000562. The fourth-order valence-electron chi connectivity index (χ4n) is 5.74. The Labute approximate surface area is 293 Å². The van der Waals surface area contributed by atoms with Gasteiger partial charge >= 0.3 is 13.5 Å². The summed E-state index contributed by atoms with van der Waals surface area (Å²) in [6, 6.07) is 10.1. The lowest BCUT2D eigenvalue weighted by Gasteiger charge is -2.43. The minimum absolute atomic E-state index is 0. The van der Waals surface area contributed by atoms with Crippen molar-refractivity contribution in [2.75, 3.05) is 32.5 Å². The maximum Gasteiger partial charge on any atom is 0.323 e. The van der Waals surface area contributed by atoms with E-state index in [2.05, 4.69) is 10.4 Å². The molecule has 0 saturated carbocycles. The van der Waals surface area contributed by atoms with Crippen LogP contribution in [0.15, 0.2) is 59.5 Å². The zero-order chi connectivity index (χ0) is 35.5. The Hall–Kier alpha value is -4.24. The molecule has 3 atom stereocenters. The van der Waals surface area contributed by atoms with Crippen molar-refractivity contribution in [3.8, 4) is 11.5 Å². The van der Waals surface area contributed by atoms with Crippen LogP contribution >= 0.6 is 21.0 Å². The molecule has 270 valence electrons. The molecule has 5 rings (SSSR count). The number of hydrogen-bond donors (Lipinski definition) is 3. The minimum Gasteiger partial charge on any atom is -0.503 e. The Kier molecular flexibility index (Phi) is 12.1. The summed E-state index contributed by atoms with van der Waals surface area (Å²) in [7, 11) is -3.90. The normalized spacial score (nSPS) is 18.6. The van der Waals surface area contributed by atoms with E-state index in [1.165, 1.54) is 22.6 Å². The highest BCUT2D eigenvalue weighted by Gasteiger charge is 2.48. The predicted molar refractivity (Wildman–Crippen MR) is 183 cm³/mol. The topological polar surface area (TPSA) is 165 Å². The van der Waals surface area contributed by atoms with Crippen LogP contribution in [0.25, 0.3) is 0 Å². The van der Waals surface area contributed by atoms with E-state index < -0.39 is 71.4 Å². The molecule has 3 heterocycles. The van der Waals surface area contributed by atoms with Gasteiger partial charge in [-0.15, -0.1) is 0 Å². The summed E-state index contributed by atoms with van der Waals surface area (Å²) < 4.78 is 59.8. The van der Waals surface area contributed by atoms with Crippen molar-refractivity contribution in [1.29, 1.82) is 0 Å². The summed E-state index contributed by atoms with van der Waals surface area (Å²) in [6.07, 6.45) is 0.824. The number of nitrogens with one attached hydrogen (secondary N) is 2. The number of para-hydroxylation sites is 1. The molecule has 2 aromatic carbocycles. The number of nitrogens with zero attached hydrogens (tertiary/aromatic N) is 2. The molecule has 1 saturated heterocycles. The largest absolute Gasteiger partial charge is 0.503 e. The quantitative estimate of drug-likeness (QED) is 0.185. The van der Waals surface area contributed by atoms with Gasteiger partial charge in [-0.25, -0.2) is 13.9 Å². The molecule has 2 aliphatic heterocycles. The number of aromatic nitrogens is 1. The maximum atomic E-state index is 14.2. The molecule has 2 amide bonds. The Morgan fingerprint density at radius 1 is 1.12 bits per heavy atom. The van der Waals surface area contributed by atoms with Gasteiger partial charge in [0.05, 0.1) is 24.4 Å². The van der Waals surface area contributed by atoms with Gasteiger partial charge in [0.2, 0.25) is 5.43 Å². The van der Waals surface area contributed by atoms with Crippen molar-refractivity contribution >= 4 is 38.8 Å². The average molecular weight is 737 g/mol. The van der Waals surface area contributed by atoms with Crippen molar-refractivity contribution in [2.24, 2.45) is 0 Å². The van der Waals surface area contributed by atoms with E-state index in [1.807, 2.05) is 0 Å². The molecular formula is C33H39F2N4O9PS. The lowest BCUT2D eigenvalue weighted by Crippen LogP contribution is -2.56. The zero-order valence-corrected chi connectivity index (χ0v) is 29.5. The molecular weight excluding hydrogens is 697 g/mol.